The van der Waals surface area contributed by atoms with E-state index >= 15 is 0 Å². The largest absolute Gasteiger partial charge is 0.493 e. The molecule has 2 aromatic carbocycles. The molecule has 0 saturated carbocycles. The first-order chi connectivity index (χ1) is 14.8. The highest BCUT2D eigenvalue weighted by molar-refractivity contribution is 7.80. The van der Waals surface area contributed by atoms with Gasteiger partial charge < -0.3 is 9.47 Å². The summed E-state index contributed by atoms with van der Waals surface area (Å²) in [5, 5.41) is 2.69. The number of hydrogen-bond acceptors (Lipinski definition) is 5. The van der Waals surface area contributed by atoms with Crippen LogP contribution in [0.25, 0.3) is 6.08 Å². The fraction of sp³-hybridized carbons (Fsp3) is 0.292. The topological polar surface area (TPSA) is 67.9 Å². The molecule has 0 aliphatic carbocycles. The first kappa shape index (κ1) is 22.5. The summed E-state index contributed by atoms with van der Waals surface area (Å²) >= 11 is 5.32. The molecule has 1 aliphatic heterocycles. The fourth-order valence-corrected chi connectivity index (χ4v) is 3.50. The molecule has 1 atom stereocenters. The maximum absolute atomic E-state index is 13.4. The van der Waals surface area contributed by atoms with Gasteiger partial charge in [0.1, 0.15) is 5.57 Å². The molecule has 3 rings (SSSR count). The average Bonchev–Trinajstić information content (AvgIpc) is 2.74. The van der Waals surface area contributed by atoms with Crippen LogP contribution in [0, 0.1) is 13.8 Å². The van der Waals surface area contributed by atoms with E-state index < -0.39 is 11.8 Å². The van der Waals surface area contributed by atoms with Gasteiger partial charge in [-0.3, -0.25) is 19.8 Å². The summed E-state index contributed by atoms with van der Waals surface area (Å²) in [6, 6.07) is 11.0. The Morgan fingerprint density at radius 2 is 1.87 bits per heavy atom. The highest BCUT2D eigenvalue weighted by atomic mass is 32.1. The van der Waals surface area contributed by atoms with Crippen LogP contribution >= 0.6 is 12.2 Å². The summed E-state index contributed by atoms with van der Waals surface area (Å²) in [4.78, 5) is 27.5. The van der Waals surface area contributed by atoms with Gasteiger partial charge in [-0.05, 0) is 68.7 Å². The minimum Gasteiger partial charge on any atom is -0.493 e. The van der Waals surface area contributed by atoms with Gasteiger partial charge in [0.25, 0.3) is 11.8 Å². The van der Waals surface area contributed by atoms with Gasteiger partial charge in [-0.15, -0.1) is 0 Å². The third-order valence-electron chi connectivity index (χ3n) is 5.34. The Morgan fingerprint density at radius 3 is 2.55 bits per heavy atom. The first-order valence-electron chi connectivity index (χ1n) is 10.1. The number of ether oxygens (including phenoxy) is 2. The second-order valence-electron chi connectivity index (χ2n) is 7.39. The van der Waals surface area contributed by atoms with E-state index in [0.717, 1.165) is 17.5 Å². The molecule has 1 saturated heterocycles. The molecule has 7 heteroatoms. The Morgan fingerprint density at radius 1 is 1.16 bits per heavy atom. The number of nitrogens with one attached hydrogen (secondary N) is 1. The molecule has 2 amide bonds. The molecule has 1 heterocycles. The van der Waals surface area contributed by atoms with Crippen LogP contribution in [-0.2, 0) is 9.59 Å². The Labute approximate surface area is 187 Å². The predicted octanol–water partition coefficient (Wildman–Crippen LogP) is 4.32. The quantitative estimate of drug-likeness (QED) is 0.413. The minimum atomic E-state index is -0.547. The van der Waals surface area contributed by atoms with Gasteiger partial charge in [0.2, 0.25) is 0 Å². The van der Waals surface area contributed by atoms with Crippen LogP contribution in [0.1, 0.15) is 37.0 Å². The molecular weight excluding hydrogens is 412 g/mol. The maximum Gasteiger partial charge on any atom is 0.270 e. The summed E-state index contributed by atoms with van der Waals surface area (Å²) in [6.07, 6.45) is 2.25. The van der Waals surface area contributed by atoms with E-state index in [-0.39, 0.29) is 16.8 Å². The number of benzene rings is 2. The van der Waals surface area contributed by atoms with Gasteiger partial charge in [-0.1, -0.05) is 31.2 Å². The van der Waals surface area contributed by atoms with Gasteiger partial charge in [0.15, 0.2) is 16.6 Å². The van der Waals surface area contributed by atoms with Crippen molar-refractivity contribution in [2.75, 3.05) is 12.0 Å². The Bertz CT molecular complexity index is 1080. The molecule has 1 N–H and O–H groups in total. The van der Waals surface area contributed by atoms with Crippen LogP contribution in [-0.4, -0.2) is 30.1 Å². The Hall–Kier alpha value is -3.19. The zero-order valence-electron chi connectivity index (χ0n) is 18.3. The van der Waals surface area contributed by atoms with Crippen molar-refractivity contribution >= 4 is 40.9 Å². The third kappa shape index (κ3) is 4.46. The van der Waals surface area contributed by atoms with Crippen molar-refractivity contribution in [1.29, 1.82) is 0 Å². The minimum absolute atomic E-state index is 0.0308. The van der Waals surface area contributed by atoms with Gasteiger partial charge in [-0.2, -0.15) is 0 Å². The molecule has 31 heavy (non-hydrogen) atoms. The summed E-state index contributed by atoms with van der Waals surface area (Å²) in [5.74, 6) is -0.0206. The lowest BCUT2D eigenvalue weighted by atomic mass is 10.0. The van der Waals surface area contributed by atoms with E-state index in [1.807, 2.05) is 45.9 Å². The first-order valence-corrected chi connectivity index (χ1v) is 10.5. The SMILES string of the molecule is CC[C@H](C)Oc1c(/C=C2\C(=O)NC(=S)N(c3cccc(C)c3C)C2=O)cccc1OC. The number of aryl methyl sites for hydroxylation is 1. The highest BCUT2D eigenvalue weighted by Crippen LogP contribution is 2.35. The summed E-state index contributed by atoms with van der Waals surface area (Å²) < 4.78 is 11.5. The summed E-state index contributed by atoms with van der Waals surface area (Å²) in [5.41, 5.74) is 3.12. The highest BCUT2D eigenvalue weighted by Gasteiger charge is 2.35. The monoisotopic (exact) mass is 438 g/mol. The molecule has 0 bridgehead atoms. The van der Waals surface area contributed by atoms with Crippen LogP contribution in [0.4, 0.5) is 5.69 Å². The molecule has 6 nitrogen and oxygen atoms in total. The van der Waals surface area contributed by atoms with Crippen molar-refractivity contribution in [3.8, 4) is 11.5 Å². The number of hydrogen-bond donors (Lipinski definition) is 1. The lowest BCUT2D eigenvalue weighted by molar-refractivity contribution is -0.122. The normalized spacial score (nSPS) is 16.4. The van der Waals surface area contributed by atoms with E-state index in [1.54, 1.807) is 25.3 Å². The van der Waals surface area contributed by atoms with Gasteiger partial charge in [0.05, 0.1) is 18.9 Å². The zero-order chi connectivity index (χ0) is 22.7. The second-order valence-corrected chi connectivity index (χ2v) is 7.78. The van der Waals surface area contributed by atoms with Crippen LogP contribution in [0.5, 0.6) is 11.5 Å². The molecule has 162 valence electrons. The molecule has 0 aromatic heterocycles. The van der Waals surface area contributed by atoms with Crippen molar-refractivity contribution in [2.24, 2.45) is 0 Å². The van der Waals surface area contributed by atoms with Gasteiger partial charge in [0, 0.05) is 5.56 Å². The number of carbonyl (C=O) groups is 2. The predicted molar refractivity (Wildman–Crippen MR) is 125 cm³/mol. The molecule has 0 spiro atoms. The van der Waals surface area contributed by atoms with Crippen LogP contribution in [0.15, 0.2) is 42.0 Å². The van der Waals surface area contributed by atoms with Crippen molar-refractivity contribution in [1.82, 2.24) is 5.32 Å². The summed E-state index contributed by atoms with van der Waals surface area (Å²) in [6.45, 7) is 7.84. The Kier molecular flexibility index (Phi) is 6.75. The number of nitrogens with zero attached hydrogens (tertiary/aromatic N) is 1. The third-order valence-corrected chi connectivity index (χ3v) is 5.63. The fourth-order valence-electron chi connectivity index (χ4n) is 3.23. The van der Waals surface area contributed by atoms with Crippen molar-refractivity contribution in [3.63, 3.8) is 0 Å². The van der Waals surface area contributed by atoms with E-state index in [9.17, 15) is 9.59 Å². The molecule has 2 aromatic rings. The van der Waals surface area contributed by atoms with E-state index in [4.69, 9.17) is 21.7 Å². The second kappa shape index (κ2) is 9.31. The van der Waals surface area contributed by atoms with Crippen LogP contribution < -0.4 is 19.7 Å². The summed E-state index contributed by atoms with van der Waals surface area (Å²) in [7, 11) is 1.55. The lowest BCUT2D eigenvalue weighted by Gasteiger charge is -2.30. The molecule has 1 aliphatic rings. The number of methoxy groups -OCH3 is 1. The van der Waals surface area contributed by atoms with E-state index in [1.165, 1.54) is 11.0 Å². The van der Waals surface area contributed by atoms with E-state index in [2.05, 4.69) is 5.32 Å². The maximum atomic E-state index is 13.4. The molecule has 1 fully saturated rings. The van der Waals surface area contributed by atoms with E-state index in [0.29, 0.717) is 22.7 Å². The standard InChI is InChI=1S/C24H26N2O4S/c1-6-15(3)30-21-17(10-8-12-20(21)29-5)13-18-22(27)25-24(31)26(23(18)28)19-11-7-9-14(2)16(19)4/h7-13,15H,6H2,1-5H3,(H,25,27,31)/b18-13+/t15-/m0/s1. The van der Waals surface area contributed by atoms with Crippen LogP contribution in [0.3, 0.4) is 0 Å². The molecular formula is C24H26N2O4S. The zero-order valence-corrected chi connectivity index (χ0v) is 19.1. The smallest absolute Gasteiger partial charge is 0.270 e. The van der Waals surface area contributed by atoms with Gasteiger partial charge >= 0.3 is 0 Å². The average molecular weight is 439 g/mol. The van der Waals surface area contributed by atoms with Crippen molar-refractivity contribution < 1.29 is 19.1 Å². The number of para-hydroxylation sites is 1. The number of amides is 2. The van der Waals surface area contributed by atoms with Gasteiger partial charge in [-0.25, -0.2) is 0 Å². The lowest BCUT2D eigenvalue weighted by Crippen LogP contribution is -2.54. The number of thiocarbonyl (C=S) groups is 1. The van der Waals surface area contributed by atoms with Crippen molar-refractivity contribution in [2.45, 2.75) is 40.2 Å². The number of carbonyl (C=O) groups excluding carboxylic acids is 2. The Balaban J connectivity index is 2.10. The van der Waals surface area contributed by atoms with Crippen LogP contribution in [0.2, 0.25) is 0 Å². The molecule has 0 radical (unpaired) electrons. The molecule has 0 unspecified atom stereocenters. The number of rotatable bonds is 6. The number of anilines is 1. The van der Waals surface area contributed by atoms with Crippen molar-refractivity contribution in [3.05, 3.63) is 58.7 Å².